The summed E-state index contributed by atoms with van der Waals surface area (Å²) in [6.07, 6.45) is 0.601. The molecule has 2 aromatic carbocycles. The summed E-state index contributed by atoms with van der Waals surface area (Å²) in [5.74, 6) is -1.52. The van der Waals surface area contributed by atoms with Gasteiger partial charge in [-0.1, -0.05) is 42.5 Å². The first kappa shape index (κ1) is 10.9. The molecule has 0 aliphatic rings. The maximum atomic E-state index is 11.8. The van der Waals surface area contributed by atoms with Crippen LogP contribution in [0.4, 0.5) is 0 Å². The van der Waals surface area contributed by atoms with Gasteiger partial charge in [0.2, 0.25) is 5.78 Å². The lowest BCUT2D eigenvalue weighted by Gasteiger charge is -2.02. The van der Waals surface area contributed by atoms with Crippen molar-refractivity contribution in [2.75, 3.05) is 0 Å². The molecule has 0 atom stereocenters. The van der Waals surface area contributed by atoms with Crippen LogP contribution >= 0.6 is 0 Å². The molecule has 0 bridgehead atoms. The Labute approximate surface area is 97.1 Å². The highest BCUT2D eigenvalue weighted by Gasteiger charge is 2.19. The van der Waals surface area contributed by atoms with Crippen molar-refractivity contribution in [3.63, 3.8) is 0 Å². The first-order chi connectivity index (χ1) is 8.24. The van der Waals surface area contributed by atoms with Crippen LogP contribution in [-0.4, -0.2) is 22.6 Å². The van der Waals surface area contributed by atoms with E-state index in [2.05, 4.69) is 4.79 Å². The summed E-state index contributed by atoms with van der Waals surface area (Å²) in [6.45, 7) is 0. The van der Waals surface area contributed by atoms with Crippen molar-refractivity contribution in [2.45, 2.75) is 0 Å². The van der Waals surface area contributed by atoms with Crippen LogP contribution in [0, 0.1) is 0 Å². The monoisotopic (exact) mass is 224 g/mol. The number of fused-ring (bicyclic) bond motifs is 1. The fourth-order valence-electron chi connectivity index (χ4n) is 1.67. The molecule has 0 spiro atoms. The van der Waals surface area contributed by atoms with Crippen molar-refractivity contribution < 1.29 is 14.4 Å². The van der Waals surface area contributed by atoms with Crippen molar-refractivity contribution in [1.82, 2.24) is 0 Å². The number of carbonyl (C=O) groups excluding carboxylic acids is 2. The summed E-state index contributed by atoms with van der Waals surface area (Å²) in [6, 6.07) is 12.4. The van der Waals surface area contributed by atoms with Gasteiger partial charge in [-0.15, -0.1) is 0 Å². The molecule has 0 saturated heterocycles. The van der Waals surface area contributed by atoms with E-state index < -0.39 is 11.6 Å². The smallest absolute Gasteiger partial charge is 0.331 e. The first-order valence-corrected chi connectivity index (χ1v) is 4.98. The third-order valence-electron chi connectivity index (χ3n) is 2.43. The van der Waals surface area contributed by atoms with Crippen molar-refractivity contribution in [3.05, 3.63) is 53.6 Å². The number of benzene rings is 2. The normalized spacial score (nSPS) is 9.65. The number of hydrogen-bond donors (Lipinski definition) is 0. The van der Waals surface area contributed by atoms with Crippen molar-refractivity contribution in [3.8, 4) is 0 Å². The molecule has 17 heavy (non-hydrogen) atoms. The molecular weight excluding hydrogens is 216 g/mol. The third-order valence-corrected chi connectivity index (χ3v) is 2.43. The van der Waals surface area contributed by atoms with E-state index in [0.29, 0.717) is 17.2 Å². The summed E-state index contributed by atoms with van der Waals surface area (Å²) < 4.78 is 0. The van der Waals surface area contributed by atoms with E-state index in [0.717, 1.165) is 5.39 Å². The van der Waals surface area contributed by atoms with E-state index in [-0.39, 0.29) is 0 Å². The third kappa shape index (κ3) is 2.02. The van der Waals surface area contributed by atoms with Crippen molar-refractivity contribution >= 4 is 28.6 Å². The largest absolute Gasteiger partial charge is 0.361 e. The van der Waals surface area contributed by atoms with Crippen LogP contribution in [0.5, 0.6) is 0 Å². The highest BCUT2D eigenvalue weighted by molar-refractivity contribution is 6.62. The highest BCUT2D eigenvalue weighted by atomic mass is 16.2. The minimum atomic E-state index is -0.844. The number of rotatable bonds is 3. The Bertz CT molecular complexity index is 650. The van der Waals surface area contributed by atoms with Gasteiger partial charge >= 0.3 is 12.0 Å². The first-order valence-electron chi connectivity index (χ1n) is 4.98. The highest BCUT2D eigenvalue weighted by Crippen LogP contribution is 2.18. The van der Waals surface area contributed by atoms with E-state index in [1.807, 2.05) is 18.2 Å². The summed E-state index contributed by atoms with van der Waals surface area (Å²) >= 11 is 0. The number of Topliss-reactive ketones (excluding diaryl/α,β-unsaturated/α-hetero) is 2. The Hall–Kier alpha value is -2.58. The summed E-state index contributed by atoms with van der Waals surface area (Å²) in [7, 11) is 0. The Kier molecular flexibility index (Phi) is 2.90. The van der Waals surface area contributed by atoms with Gasteiger partial charge in [0, 0.05) is 5.56 Å². The van der Waals surface area contributed by atoms with Gasteiger partial charge in [0.15, 0.2) is 0 Å². The predicted molar refractivity (Wildman–Crippen MR) is 63.0 cm³/mol. The van der Waals surface area contributed by atoms with Gasteiger partial charge in [-0.3, -0.25) is 9.59 Å². The second kappa shape index (κ2) is 4.51. The second-order valence-corrected chi connectivity index (χ2v) is 3.46. The number of ketones is 2. The van der Waals surface area contributed by atoms with Gasteiger partial charge in [-0.05, 0) is 10.8 Å². The SMILES string of the molecule is [N-]=[N+]=CC(=O)C(=O)c1cccc2ccccc12. The van der Waals surface area contributed by atoms with E-state index >= 15 is 0 Å². The summed E-state index contributed by atoms with van der Waals surface area (Å²) in [5.41, 5.74) is 8.56. The topological polar surface area (TPSA) is 70.5 Å². The van der Waals surface area contributed by atoms with Gasteiger partial charge in [0.25, 0.3) is 0 Å². The lowest BCUT2D eigenvalue weighted by Crippen LogP contribution is -2.15. The molecular formula is C13H8N2O2. The molecule has 0 N–H and O–H groups in total. The van der Waals surface area contributed by atoms with Crippen LogP contribution in [-0.2, 0) is 4.79 Å². The molecule has 0 fully saturated rings. The van der Waals surface area contributed by atoms with Crippen LogP contribution < -0.4 is 0 Å². The predicted octanol–water partition coefficient (Wildman–Crippen LogP) is 1.89. The van der Waals surface area contributed by atoms with Crippen LogP contribution in [0.15, 0.2) is 42.5 Å². The molecule has 0 saturated carbocycles. The Morgan fingerprint density at radius 2 is 1.76 bits per heavy atom. The quantitative estimate of drug-likeness (QED) is 0.262. The molecule has 0 aliphatic heterocycles. The summed E-state index contributed by atoms with van der Waals surface area (Å²) in [4.78, 5) is 25.7. The van der Waals surface area contributed by atoms with Crippen LogP contribution in [0.3, 0.4) is 0 Å². The molecule has 0 aliphatic carbocycles. The van der Waals surface area contributed by atoms with Crippen LogP contribution in [0.1, 0.15) is 10.4 Å². The lowest BCUT2D eigenvalue weighted by molar-refractivity contribution is -0.112. The number of nitrogens with zero attached hydrogens (tertiary/aromatic N) is 2. The lowest BCUT2D eigenvalue weighted by atomic mass is 10.00. The Morgan fingerprint density at radius 3 is 2.53 bits per heavy atom. The molecule has 2 aromatic rings. The minimum Gasteiger partial charge on any atom is -0.361 e. The Balaban J connectivity index is 2.60. The minimum absolute atomic E-state index is 0.313. The van der Waals surface area contributed by atoms with Crippen LogP contribution in [0.25, 0.3) is 16.3 Å². The molecule has 0 aromatic heterocycles. The number of carbonyl (C=O) groups is 2. The maximum absolute atomic E-state index is 11.8. The standard InChI is InChI=1S/C13H8N2O2/c14-15-8-12(16)13(17)11-7-3-5-9-4-1-2-6-10(9)11/h1-8H. The van der Waals surface area contributed by atoms with Gasteiger partial charge in [-0.2, -0.15) is 4.79 Å². The van der Waals surface area contributed by atoms with E-state index in [4.69, 9.17) is 5.53 Å². The van der Waals surface area contributed by atoms with E-state index in [9.17, 15) is 9.59 Å². The molecule has 4 heteroatoms. The molecule has 0 heterocycles. The van der Waals surface area contributed by atoms with E-state index in [1.54, 1.807) is 24.3 Å². The number of hydrogen-bond acceptors (Lipinski definition) is 2. The average molecular weight is 224 g/mol. The second-order valence-electron chi connectivity index (χ2n) is 3.46. The molecule has 82 valence electrons. The summed E-state index contributed by atoms with van der Waals surface area (Å²) in [5, 5.41) is 1.59. The van der Waals surface area contributed by atoms with Gasteiger partial charge in [0.1, 0.15) is 0 Å². The average Bonchev–Trinajstić information content (AvgIpc) is 2.37. The zero-order valence-corrected chi connectivity index (χ0v) is 8.83. The van der Waals surface area contributed by atoms with Gasteiger partial charge in [0.05, 0.1) is 0 Å². The van der Waals surface area contributed by atoms with E-state index in [1.165, 1.54) is 0 Å². The van der Waals surface area contributed by atoms with Crippen molar-refractivity contribution in [2.24, 2.45) is 0 Å². The fourth-order valence-corrected chi connectivity index (χ4v) is 1.67. The molecule has 4 nitrogen and oxygen atoms in total. The van der Waals surface area contributed by atoms with Crippen LogP contribution in [0.2, 0.25) is 0 Å². The molecule has 0 amide bonds. The Morgan fingerprint density at radius 1 is 1.06 bits per heavy atom. The molecule has 2 rings (SSSR count). The zero-order valence-electron chi connectivity index (χ0n) is 8.83. The zero-order chi connectivity index (χ0) is 12.3. The molecule has 0 radical (unpaired) electrons. The maximum Gasteiger partial charge on any atom is 0.331 e. The fraction of sp³-hybridized carbons (Fsp3) is 0. The van der Waals surface area contributed by atoms with Gasteiger partial charge < -0.3 is 5.53 Å². The molecule has 0 unspecified atom stereocenters. The van der Waals surface area contributed by atoms with Gasteiger partial charge in [-0.25, -0.2) is 0 Å². The van der Waals surface area contributed by atoms with Crippen molar-refractivity contribution in [1.29, 1.82) is 0 Å².